The molecule has 46 heavy (non-hydrogen) atoms. The number of piperazine rings is 2. The van der Waals surface area contributed by atoms with Crippen LogP contribution in [0.3, 0.4) is 0 Å². The van der Waals surface area contributed by atoms with Gasteiger partial charge in [0.2, 0.25) is 0 Å². The van der Waals surface area contributed by atoms with Crippen LogP contribution in [0, 0.1) is 0 Å². The van der Waals surface area contributed by atoms with Crippen molar-refractivity contribution in [3.63, 3.8) is 0 Å². The Kier molecular flexibility index (Phi) is 174. The monoisotopic (exact) mass is 916 g/mol. The van der Waals surface area contributed by atoms with Gasteiger partial charge in [0.15, 0.2) is 0 Å². The maximum atomic E-state index is 8.52. The van der Waals surface area contributed by atoms with Crippen molar-refractivity contribution in [1.82, 2.24) is 0 Å². The van der Waals surface area contributed by atoms with Gasteiger partial charge in [-0.3, -0.25) is 33.7 Å². The van der Waals surface area contributed by atoms with Crippen LogP contribution < -0.4 is 21.3 Å². The van der Waals surface area contributed by atoms with E-state index in [4.69, 9.17) is 70.1 Å². The standard InChI is InChI=1S/2C4H10N2.4H2O4S.12H2O.2Zn/c2*1-2-6-4-3-5-1;4*1-5(2,3)4;;;;;;;;;;;;;;/h2*5-6H,1-4H2;4*(H2,1,2,3,4);12*1H2;;/q;;;;;;;;;;;;;;;;;;2*+2/p+8. The van der Waals surface area contributed by atoms with E-state index in [0.29, 0.717) is 0 Å². The van der Waals surface area contributed by atoms with Gasteiger partial charge in [0.1, 0.15) is 52.4 Å². The van der Waals surface area contributed by atoms with Gasteiger partial charge in [0.05, 0.1) is 0 Å². The van der Waals surface area contributed by atoms with E-state index in [9.17, 15) is 0 Å². The Balaban J connectivity index is -0.0000000121. The molecule has 0 aromatic heterocycles. The van der Waals surface area contributed by atoms with Crippen LogP contribution in [0.2, 0.25) is 0 Å². The largest absolute Gasteiger partial charge is 2.00 e. The Labute approximate surface area is 289 Å². The van der Waals surface area contributed by atoms with Crippen molar-refractivity contribution < 1.29 is 196 Å². The van der Waals surface area contributed by atoms with Crippen molar-refractivity contribution in [2.45, 2.75) is 0 Å². The molecular weight excluding hydrogens is 859 g/mol. The number of nitrogens with two attached hydrogens (primary N) is 4. The molecule has 0 aliphatic carbocycles. The summed E-state index contributed by atoms with van der Waals surface area (Å²) in [5.74, 6) is 0. The molecule has 0 bridgehead atoms. The summed E-state index contributed by atoms with van der Waals surface area (Å²) in [6.45, 7) is 10.6. The second kappa shape index (κ2) is 67.3. The van der Waals surface area contributed by atoms with Crippen molar-refractivity contribution in [3.8, 4) is 0 Å². The Hall–Kier alpha value is 0.0868. The van der Waals surface area contributed by atoms with Gasteiger partial charge in [0.25, 0.3) is 0 Å². The Bertz CT molecular complexity index is 667. The molecule has 2 heterocycles. The van der Waals surface area contributed by atoms with E-state index in [1.165, 1.54) is 52.4 Å². The van der Waals surface area contributed by atoms with Crippen LogP contribution in [0.1, 0.15) is 0 Å². The molecule has 0 atom stereocenters. The summed E-state index contributed by atoms with van der Waals surface area (Å²) < 4.78 is 136. The van der Waals surface area contributed by atoms with Crippen molar-refractivity contribution in [2.24, 2.45) is 0 Å². The van der Waals surface area contributed by atoms with Crippen LogP contribution in [0.4, 0.5) is 0 Å². The molecule has 0 unspecified atom stereocenters. The summed E-state index contributed by atoms with van der Waals surface area (Å²) in [5, 5.41) is 9.44. The van der Waals surface area contributed by atoms with Crippen molar-refractivity contribution in [3.05, 3.63) is 0 Å². The van der Waals surface area contributed by atoms with Crippen molar-refractivity contribution in [2.75, 3.05) is 52.4 Å². The predicted octanol–water partition coefficient (Wildman–Crippen LogP) is -22.2. The van der Waals surface area contributed by atoms with Gasteiger partial charge in [-0.1, -0.05) is 0 Å². The summed E-state index contributed by atoms with van der Waals surface area (Å²) >= 11 is 0. The zero-order valence-electron chi connectivity index (χ0n) is 24.5. The van der Waals surface area contributed by atoms with E-state index in [-0.39, 0.29) is 105 Å². The van der Waals surface area contributed by atoms with Gasteiger partial charge < -0.3 is 123 Å². The molecule has 44 N–H and O–H groups in total. The van der Waals surface area contributed by atoms with Gasteiger partial charge in [-0.05, 0) is 0 Å². The SMILES string of the molecule is C1C[NH2+]CC[NH2+]1.C1C[NH2+]CC[NH2+]1.O=S(=O)([O-])[O-].O=S(=O)([O-])[O-].O=S(=O)([O-])[O-].O=S(=O)([O-])[O-].[OH3+].[OH3+].[OH3+].[OH3+].[OH3+].[OH3+].[OH3+].[OH3+].[OH3+].[OH3+].[OH3+].[OH3+].[Zn+2].[Zn+2]. The quantitative estimate of drug-likeness (QED) is 0.0758. The first-order valence-electron chi connectivity index (χ1n) is 7.93. The van der Waals surface area contributed by atoms with Gasteiger partial charge in [-0.2, -0.15) is 0 Å². The molecule has 2 saturated heterocycles. The number of hydrogen-bond donors (Lipinski definition) is 4. The van der Waals surface area contributed by atoms with E-state index < -0.39 is 41.6 Å². The molecule has 2 aliphatic rings. The zero-order valence-corrected chi connectivity index (χ0v) is 33.7. The van der Waals surface area contributed by atoms with Crippen LogP contribution in [0.5, 0.6) is 0 Å². The van der Waals surface area contributed by atoms with Crippen LogP contribution in [0.25, 0.3) is 0 Å². The maximum absolute atomic E-state index is 8.52. The van der Waals surface area contributed by atoms with E-state index in [2.05, 4.69) is 21.3 Å². The van der Waals surface area contributed by atoms with Crippen LogP contribution in [0.15, 0.2) is 0 Å². The molecule has 0 radical (unpaired) electrons. The predicted molar refractivity (Wildman–Crippen MR) is 147 cm³/mol. The Morgan fingerprint density at radius 1 is 0.261 bits per heavy atom. The molecule has 32 nitrogen and oxygen atoms in total. The fourth-order valence-electron chi connectivity index (χ4n) is 1.52. The zero-order chi connectivity index (χ0) is 26.5. The van der Waals surface area contributed by atoms with Crippen molar-refractivity contribution in [1.29, 1.82) is 0 Å². The normalized spacial score (nSPS) is 11.3. The van der Waals surface area contributed by atoms with E-state index in [1.54, 1.807) is 0 Å². The molecule has 38 heteroatoms. The maximum Gasteiger partial charge on any atom is 2.00 e. The van der Waals surface area contributed by atoms with E-state index >= 15 is 0 Å². The Morgan fingerprint density at radius 2 is 0.304 bits per heavy atom. The second-order valence-electron chi connectivity index (χ2n) is 5.10. The van der Waals surface area contributed by atoms with Crippen LogP contribution >= 0.6 is 0 Å². The van der Waals surface area contributed by atoms with Gasteiger partial charge in [-0.15, -0.1) is 0 Å². The minimum Gasteiger partial charge on any atom is -0.759 e. The minimum atomic E-state index is -5.17. The first-order valence-corrected chi connectivity index (χ1v) is 13.3. The van der Waals surface area contributed by atoms with Gasteiger partial charge in [0, 0.05) is 41.6 Å². The smallest absolute Gasteiger partial charge is 0.759 e. The fraction of sp³-hybridized carbons (Fsp3) is 1.00. The summed E-state index contributed by atoms with van der Waals surface area (Å²) in [6, 6.07) is 0. The molecule has 0 aromatic carbocycles. The van der Waals surface area contributed by atoms with Crippen LogP contribution in [-0.4, -0.2) is 122 Å². The van der Waals surface area contributed by atoms with Gasteiger partial charge >= 0.3 is 39.0 Å². The average molecular weight is 920 g/mol. The van der Waals surface area contributed by atoms with E-state index in [1.807, 2.05) is 0 Å². The van der Waals surface area contributed by atoms with E-state index in [0.717, 1.165) is 0 Å². The first-order chi connectivity index (χ1) is 14.0. The third-order valence-corrected chi connectivity index (χ3v) is 2.30. The Morgan fingerprint density at radius 3 is 0.326 bits per heavy atom. The number of quaternary nitrogens is 4. The summed E-state index contributed by atoms with van der Waals surface area (Å²) in [5.41, 5.74) is 0. The molecule has 0 spiro atoms. The minimum absolute atomic E-state index is 0. The molecule has 296 valence electrons. The molecule has 2 rings (SSSR count). The summed E-state index contributed by atoms with van der Waals surface area (Å²) in [7, 11) is -20.7. The van der Waals surface area contributed by atoms with Gasteiger partial charge in [-0.25, -0.2) is 0 Å². The molecular formula is C8H60N4O28S4Zn2+12. The third kappa shape index (κ3) is 560. The van der Waals surface area contributed by atoms with Crippen LogP contribution in [-0.2, 0) is 146 Å². The first kappa shape index (κ1) is 119. The summed E-state index contributed by atoms with van der Waals surface area (Å²) in [6.07, 6.45) is 0. The number of hydrogen-bond acceptors (Lipinski definition) is 16. The summed E-state index contributed by atoms with van der Waals surface area (Å²) in [4.78, 5) is 0. The fourth-order valence-corrected chi connectivity index (χ4v) is 1.52. The topological polar surface area (TPSA) is 783 Å². The second-order valence-corrected chi connectivity index (χ2v) is 8.36. The molecule has 0 amide bonds. The average Bonchev–Trinajstić information content (AvgIpc) is 2.52. The molecule has 2 fully saturated rings. The number of rotatable bonds is 0. The third-order valence-electron chi connectivity index (χ3n) is 2.30. The molecule has 2 aliphatic heterocycles. The molecule has 0 saturated carbocycles. The molecule has 0 aromatic rings. The van der Waals surface area contributed by atoms with Crippen molar-refractivity contribution >= 4 is 41.6 Å².